The minimum absolute atomic E-state index is 0.160. The van der Waals surface area contributed by atoms with Crippen molar-refractivity contribution < 1.29 is 9.90 Å². The number of rotatable bonds is 4. The van der Waals surface area contributed by atoms with Gasteiger partial charge >= 0.3 is 0 Å². The smallest absolute Gasteiger partial charge is 0.270 e. The summed E-state index contributed by atoms with van der Waals surface area (Å²) >= 11 is 0. The predicted molar refractivity (Wildman–Crippen MR) is 78.9 cm³/mol. The van der Waals surface area contributed by atoms with Crippen LogP contribution in [0.1, 0.15) is 22.1 Å². The Morgan fingerprint density at radius 3 is 2.71 bits per heavy atom. The Labute approximate surface area is 121 Å². The molecule has 2 N–H and O–H groups in total. The van der Waals surface area contributed by atoms with Crippen molar-refractivity contribution in [2.24, 2.45) is 0 Å². The van der Waals surface area contributed by atoms with Crippen LogP contribution in [0.15, 0.2) is 60.9 Å². The van der Waals surface area contributed by atoms with Crippen LogP contribution in [0.2, 0.25) is 0 Å². The Morgan fingerprint density at radius 2 is 1.95 bits per heavy atom. The van der Waals surface area contributed by atoms with E-state index in [9.17, 15) is 9.90 Å². The molecule has 5 nitrogen and oxygen atoms in total. The fraction of sp³-hybridized carbons (Fsp3) is 0.125. The predicted octanol–water partition coefficient (Wildman–Crippen LogP) is 1.80. The van der Waals surface area contributed by atoms with Gasteiger partial charge in [0.25, 0.3) is 5.91 Å². The molecule has 3 rings (SSSR count). The summed E-state index contributed by atoms with van der Waals surface area (Å²) in [6.07, 6.45) is 3.32. The van der Waals surface area contributed by atoms with Crippen molar-refractivity contribution in [1.29, 1.82) is 0 Å². The maximum absolute atomic E-state index is 12.4. The number of aromatic nitrogens is 2. The van der Waals surface area contributed by atoms with Crippen molar-refractivity contribution in [2.75, 3.05) is 6.61 Å². The van der Waals surface area contributed by atoms with E-state index in [2.05, 4.69) is 10.3 Å². The molecular weight excluding hydrogens is 266 g/mol. The van der Waals surface area contributed by atoms with E-state index in [1.807, 2.05) is 48.5 Å². The summed E-state index contributed by atoms with van der Waals surface area (Å²) in [7, 11) is 0. The van der Waals surface area contributed by atoms with Gasteiger partial charge in [-0.05, 0) is 17.7 Å². The van der Waals surface area contributed by atoms with Gasteiger partial charge in [0.1, 0.15) is 11.3 Å². The maximum atomic E-state index is 12.4. The van der Waals surface area contributed by atoms with Crippen molar-refractivity contribution >= 4 is 11.6 Å². The Hall–Kier alpha value is -2.66. The summed E-state index contributed by atoms with van der Waals surface area (Å²) < 4.78 is 1.72. The lowest BCUT2D eigenvalue weighted by atomic mass is 10.1. The number of fused-ring (bicyclic) bond motifs is 1. The van der Waals surface area contributed by atoms with Gasteiger partial charge in [-0.3, -0.25) is 9.20 Å². The van der Waals surface area contributed by atoms with Gasteiger partial charge in [0.15, 0.2) is 0 Å². The first-order valence-corrected chi connectivity index (χ1v) is 6.68. The fourth-order valence-electron chi connectivity index (χ4n) is 2.25. The second-order valence-electron chi connectivity index (χ2n) is 4.69. The van der Waals surface area contributed by atoms with E-state index >= 15 is 0 Å². The minimum atomic E-state index is -0.437. The minimum Gasteiger partial charge on any atom is -0.394 e. The Balaban J connectivity index is 1.85. The highest BCUT2D eigenvalue weighted by atomic mass is 16.3. The van der Waals surface area contributed by atoms with Gasteiger partial charge in [0.2, 0.25) is 0 Å². The number of carbonyl (C=O) groups excluding carboxylic acids is 1. The van der Waals surface area contributed by atoms with Gasteiger partial charge < -0.3 is 10.4 Å². The molecule has 1 aromatic carbocycles. The first-order chi connectivity index (χ1) is 10.3. The van der Waals surface area contributed by atoms with Crippen LogP contribution in [-0.4, -0.2) is 27.0 Å². The Morgan fingerprint density at radius 1 is 1.19 bits per heavy atom. The highest BCUT2D eigenvalue weighted by Gasteiger charge is 2.17. The largest absolute Gasteiger partial charge is 0.394 e. The molecule has 1 atom stereocenters. The standard InChI is InChI=1S/C16H15N3O2/c20-11-13(12-6-2-1-3-7-12)18-16(21)14-10-17-15-8-4-5-9-19(14)15/h1-10,13,20H,11H2,(H,18,21). The summed E-state index contributed by atoms with van der Waals surface area (Å²) in [5, 5.41) is 12.3. The number of nitrogens with zero attached hydrogens (tertiary/aromatic N) is 2. The lowest BCUT2D eigenvalue weighted by Gasteiger charge is -2.16. The van der Waals surface area contributed by atoms with Crippen molar-refractivity contribution in [2.45, 2.75) is 6.04 Å². The van der Waals surface area contributed by atoms with Crippen LogP contribution in [0.3, 0.4) is 0 Å². The van der Waals surface area contributed by atoms with Gasteiger partial charge in [-0.1, -0.05) is 36.4 Å². The molecule has 3 aromatic rings. The van der Waals surface area contributed by atoms with Crippen LogP contribution in [0, 0.1) is 0 Å². The summed E-state index contributed by atoms with van der Waals surface area (Å²) in [4.78, 5) is 16.6. The van der Waals surface area contributed by atoms with Crippen molar-refractivity contribution in [1.82, 2.24) is 14.7 Å². The number of amides is 1. The highest BCUT2D eigenvalue weighted by molar-refractivity contribution is 5.93. The number of pyridine rings is 1. The molecule has 2 aromatic heterocycles. The second kappa shape index (κ2) is 5.76. The molecule has 2 heterocycles. The molecule has 0 bridgehead atoms. The number of carbonyl (C=O) groups is 1. The number of hydrogen-bond donors (Lipinski definition) is 2. The summed E-state index contributed by atoms with van der Waals surface area (Å²) in [6.45, 7) is -0.160. The average molecular weight is 281 g/mol. The molecule has 5 heteroatoms. The van der Waals surface area contributed by atoms with Gasteiger partial charge in [-0.25, -0.2) is 4.98 Å². The van der Waals surface area contributed by atoms with E-state index in [-0.39, 0.29) is 12.5 Å². The number of nitrogens with one attached hydrogen (secondary N) is 1. The molecule has 1 amide bonds. The quantitative estimate of drug-likeness (QED) is 0.766. The SMILES string of the molecule is O=C(NC(CO)c1ccccc1)c1cnc2ccccn12. The summed E-state index contributed by atoms with van der Waals surface area (Å²) in [5.41, 5.74) is 2.02. The van der Waals surface area contributed by atoms with Crippen LogP contribution < -0.4 is 5.32 Å². The second-order valence-corrected chi connectivity index (χ2v) is 4.69. The van der Waals surface area contributed by atoms with Gasteiger partial charge in [-0.15, -0.1) is 0 Å². The number of aliphatic hydroxyl groups is 1. The van der Waals surface area contributed by atoms with Crippen LogP contribution in [0.4, 0.5) is 0 Å². The lowest BCUT2D eigenvalue weighted by Crippen LogP contribution is -2.31. The molecule has 0 aliphatic rings. The highest BCUT2D eigenvalue weighted by Crippen LogP contribution is 2.13. The zero-order chi connectivity index (χ0) is 14.7. The third-order valence-corrected chi connectivity index (χ3v) is 3.34. The first-order valence-electron chi connectivity index (χ1n) is 6.68. The van der Waals surface area contributed by atoms with Crippen molar-refractivity contribution in [3.63, 3.8) is 0 Å². The monoisotopic (exact) mass is 281 g/mol. The van der Waals surface area contributed by atoms with E-state index in [1.54, 1.807) is 10.6 Å². The van der Waals surface area contributed by atoms with Gasteiger partial charge in [0, 0.05) is 6.20 Å². The molecule has 0 radical (unpaired) electrons. The molecule has 1 unspecified atom stereocenters. The molecule has 0 aliphatic carbocycles. The van der Waals surface area contributed by atoms with E-state index in [4.69, 9.17) is 0 Å². The number of benzene rings is 1. The van der Waals surface area contributed by atoms with E-state index in [0.29, 0.717) is 11.3 Å². The number of imidazole rings is 1. The van der Waals surface area contributed by atoms with E-state index in [0.717, 1.165) is 5.56 Å². The van der Waals surface area contributed by atoms with Gasteiger partial charge in [0.05, 0.1) is 18.8 Å². The molecule has 0 saturated carbocycles. The fourth-order valence-corrected chi connectivity index (χ4v) is 2.25. The third kappa shape index (κ3) is 2.64. The van der Waals surface area contributed by atoms with Crippen LogP contribution in [-0.2, 0) is 0 Å². The van der Waals surface area contributed by atoms with Crippen LogP contribution in [0.25, 0.3) is 5.65 Å². The average Bonchev–Trinajstić information content (AvgIpc) is 2.97. The topological polar surface area (TPSA) is 66.6 Å². The zero-order valence-electron chi connectivity index (χ0n) is 11.3. The van der Waals surface area contributed by atoms with E-state index in [1.165, 1.54) is 6.20 Å². The Bertz CT molecular complexity index is 752. The molecule has 106 valence electrons. The maximum Gasteiger partial charge on any atom is 0.270 e. The van der Waals surface area contributed by atoms with Gasteiger partial charge in [-0.2, -0.15) is 0 Å². The molecule has 21 heavy (non-hydrogen) atoms. The lowest BCUT2D eigenvalue weighted by molar-refractivity contribution is 0.0910. The molecule has 0 saturated heterocycles. The molecule has 0 aliphatic heterocycles. The molecular formula is C16H15N3O2. The van der Waals surface area contributed by atoms with Crippen molar-refractivity contribution in [3.05, 3.63) is 72.2 Å². The first kappa shape index (κ1) is 13.3. The summed E-state index contributed by atoms with van der Waals surface area (Å²) in [6, 6.07) is 14.5. The van der Waals surface area contributed by atoms with Crippen LogP contribution in [0.5, 0.6) is 0 Å². The Kier molecular flexibility index (Phi) is 3.66. The van der Waals surface area contributed by atoms with E-state index < -0.39 is 6.04 Å². The van der Waals surface area contributed by atoms with Crippen molar-refractivity contribution in [3.8, 4) is 0 Å². The normalized spacial score (nSPS) is 12.2. The molecule has 0 spiro atoms. The third-order valence-electron chi connectivity index (χ3n) is 3.34. The van der Waals surface area contributed by atoms with Crippen LogP contribution >= 0.6 is 0 Å². The number of aliphatic hydroxyl groups excluding tert-OH is 1. The molecule has 0 fully saturated rings. The number of hydrogen-bond acceptors (Lipinski definition) is 3. The zero-order valence-corrected chi connectivity index (χ0v) is 11.3. The summed E-state index contributed by atoms with van der Waals surface area (Å²) in [5.74, 6) is -0.267.